The third-order valence-corrected chi connectivity index (χ3v) is 3.57. The molecule has 1 amide bonds. The number of aryl methyl sites for hydroxylation is 1. The second-order valence-corrected chi connectivity index (χ2v) is 4.74. The Morgan fingerprint density at radius 3 is 2.89 bits per heavy atom. The first-order valence-electron chi connectivity index (χ1n) is 6.39. The highest BCUT2D eigenvalue weighted by molar-refractivity contribution is 5.92. The average molecular weight is 261 g/mol. The van der Waals surface area contributed by atoms with E-state index in [2.05, 4.69) is 25.9 Å². The van der Waals surface area contributed by atoms with Gasteiger partial charge in [-0.15, -0.1) is 10.2 Å². The zero-order valence-electron chi connectivity index (χ0n) is 10.6. The summed E-state index contributed by atoms with van der Waals surface area (Å²) in [5.41, 5.74) is -0.497. The number of rotatable bonds is 4. The standard InChI is InChI=1S/C12H15N5O2/c1-2-8-4-5-9(19-8)10(18)13-12(6-3-7-12)11-14-16-17-15-11/h4-5H,2-3,6-7H2,1H3,(H,13,18)(H,14,15,16,17). The minimum Gasteiger partial charge on any atom is -0.456 e. The number of hydrogen-bond acceptors (Lipinski definition) is 5. The van der Waals surface area contributed by atoms with Crippen molar-refractivity contribution in [2.75, 3.05) is 0 Å². The highest BCUT2D eigenvalue weighted by Gasteiger charge is 2.44. The quantitative estimate of drug-likeness (QED) is 0.861. The molecule has 0 aromatic carbocycles. The van der Waals surface area contributed by atoms with Gasteiger partial charge in [0.05, 0.1) is 0 Å². The maximum Gasteiger partial charge on any atom is 0.287 e. The molecule has 2 aromatic heterocycles. The number of hydrogen-bond donors (Lipinski definition) is 2. The Bertz CT molecular complexity index is 571. The van der Waals surface area contributed by atoms with Gasteiger partial charge < -0.3 is 9.73 Å². The van der Waals surface area contributed by atoms with Gasteiger partial charge in [0, 0.05) is 6.42 Å². The Hall–Kier alpha value is -2.18. The van der Waals surface area contributed by atoms with Crippen molar-refractivity contribution < 1.29 is 9.21 Å². The fourth-order valence-corrected chi connectivity index (χ4v) is 2.27. The second kappa shape index (κ2) is 4.49. The molecular formula is C12H15N5O2. The van der Waals surface area contributed by atoms with E-state index in [-0.39, 0.29) is 5.91 Å². The molecule has 0 bridgehead atoms. The maximum atomic E-state index is 12.2. The van der Waals surface area contributed by atoms with Crippen LogP contribution >= 0.6 is 0 Å². The van der Waals surface area contributed by atoms with Crippen LogP contribution in [-0.2, 0) is 12.0 Å². The third kappa shape index (κ3) is 2.00. The molecular weight excluding hydrogens is 246 g/mol. The largest absolute Gasteiger partial charge is 0.456 e. The normalized spacial score (nSPS) is 16.9. The summed E-state index contributed by atoms with van der Waals surface area (Å²) >= 11 is 0. The fourth-order valence-electron chi connectivity index (χ4n) is 2.27. The van der Waals surface area contributed by atoms with E-state index in [1.165, 1.54) is 0 Å². The highest BCUT2D eigenvalue weighted by atomic mass is 16.3. The lowest BCUT2D eigenvalue weighted by atomic mass is 9.76. The molecule has 0 atom stereocenters. The van der Waals surface area contributed by atoms with Gasteiger partial charge in [0.25, 0.3) is 5.91 Å². The van der Waals surface area contributed by atoms with Crippen LogP contribution in [0.3, 0.4) is 0 Å². The number of nitrogens with one attached hydrogen (secondary N) is 2. The van der Waals surface area contributed by atoms with E-state index in [0.29, 0.717) is 11.6 Å². The molecule has 2 heterocycles. The number of furan rings is 1. The summed E-state index contributed by atoms with van der Waals surface area (Å²) in [6.45, 7) is 1.98. The lowest BCUT2D eigenvalue weighted by Gasteiger charge is -2.39. The van der Waals surface area contributed by atoms with E-state index in [4.69, 9.17) is 4.42 Å². The summed E-state index contributed by atoms with van der Waals surface area (Å²) in [5.74, 6) is 1.43. The molecule has 3 rings (SSSR count). The van der Waals surface area contributed by atoms with Gasteiger partial charge in [0.1, 0.15) is 11.3 Å². The van der Waals surface area contributed by atoms with E-state index in [1.807, 2.05) is 13.0 Å². The minimum absolute atomic E-state index is 0.232. The number of aromatic amines is 1. The van der Waals surface area contributed by atoms with Crippen molar-refractivity contribution in [2.45, 2.75) is 38.1 Å². The van der Waals surface area contributed by atoms with Crippen LogP contribution in [0.2, 0.25) is 0 Å². The molecule has 1 saturated carbocycles. The van der Waals surface area contributed by atoms with Crippen molar-refractivity contribution in [3.05, 3.63) is 29.5 Å². The first kappa shape index (κ1) is 11.9. The fraction of sp³-hybridized carbons (Fsp3) is 0.500. The number of carbonyl (C=O) groups is 1. The van der Waals surface area contributed by atoms with Crippen LogP contribution in [0.15, 0.2) is 16.5 Å². The van der Waals surface area contributed by atoms with Gasteiger partial charge in [0.2, 0.25) is 0 Å². The van der Waals surface area contributed by atoms with Crippen molar-refractivity contribution in [2.24, 2.45) is 0 Å². The summed E-state index contributed by atoms with van der Waals surface area (Å²) in [6, 6.07) is 3.51. The molecule has 0 aliphatic heterocycles. The summed E-state index contributed by atoms with van der Waals surface area (Å²) in [6.07, 6.45) is 3.44. The van der Waals surface area contributed by atoms with Crippen molar-refractivity contribution in [1.29, 1.82) is 0 Å². The minimum atomic E-state index is -0.497. The number of nitrogens with zero attached hydrogens (tertiary/aromatic N) is 3. The molecule has 100 valence electrons. The van der Waals surface area contributed by atoms with Gasteiger partial charge in [-0.05, 0) is 31.4 Å². The van der Waals surface area contributed by atoms with Crippen LogP contribution in [0.5, 0.6) is 0 Å². The molecule has 0 radical (unpaired) electrons. The van der Waals surface area contributed by atoms with Gasteiger partial charge >= 0.3 is 0 Å². The van der Waals surface area contributed by atoms with E-state index in [1.54, 1.807) is 6.07 Å². The van der Waals surface area contributed by atoms with Crippen LogP contribution in [0.1, 0.15) is 48.3 Å². The predicted octanol–water partition coefficient (Wildman–Crippen LogP) is 1.16. The van der Waals surface area contributed by atoms with Crippen LogP contribution in [-0.4, -0.2) is 26.5 Å². The molecule has 2 N–H and O–H groups in total. The Morgan fingerprint density at radius 2 is 2.37 bits per heavy atom. The topological polar surface area (TPSA) is 96.7 Å². The second-order valence-electron chi connectivity index (χ2n) is 4.74. The van der Waals surface area contributed by atoms with Gasteiger partial charge in [-0.1, -0.05) is 12.1 Å². The Morgan fingerprint density at radius 1 is 1.53 bits per heavy atom. The number of carbonyl (C=O) groups excluding carboxylic acids is 1. The number of amides is 1. The van der Waals surface area contributed by atoms with Crippen LogP contribution < -0.4 is 5.32 Å². The van der Waals surface area contributed by atoms with Crippen LogP contribution in [0, 0.1) is 0 Å². The van der Waals surface area contributed by atoms with E-state index >= 15 is 0 Å². The first-order valence-corrected chi connectivity index (χ1v) is 6.39. The molecule has 19 heavy (non-hydrogen) atoms. The van der Waals surface area contributed by atoms with Crippen molar-refractivity contribution in [1.82, 2.24) is 25.9 Å². The molecule has 1 fully saturated rings. The molecule has 0 unspecified atom stereocenters. The average Bonchev–Trinajstić information content (AvgIpc) is 3.03. The highest BCUT2D eigenvalue weighted by Crippen LogP contribution is 2.39. The SMILES string of the molecule is CCc1ccc(C(=O)NC2(c3nn[nH]n3)CCC2)o1. The van der Waals surface area contributed by atoms with Crippen molar-refractivity contribution in [3.63, 3.8) is 0 Å². The van der Waals surface area contributed by atoms with Crippen molar-refractivity contribution >= 4 is 5.91 Å². The lowest BCUT2D eigenvalue weighted by molar-refractivity contribution is 0.0779. The molecule has 1 aliphatic carbocycles. The number of tetrazole rings is 1. The maximum absolute atomic E-state index is 12.2. The number of aromatic nitrogens is 4. The molecule has 7 heteroatoms. The van der Waals surface area contributed by atoms with Gasteiger partial charge in [-0.25, -0.2) is 0 Å². The summed E-state index contributed by atoms with van der Waals surface area (Å²) in [7, 11) is 0. The zero-order chi connectivity index (χ0) is 13.3. The summed E-state index contributed by atoms with van der Waals surface area (Å²) in [5, 5.41) is 16.9. The zero-order valence-corrected chi connectivity index (χ0v) is 10.6. The summed E-state index contributed by atoms with van der Waals surface area (Å²) in [4.78, 5) is 12.2. The molecule has 7 nitrogen and oxygen atoms in total. The first-order chi connectivity index (χ1) is 9.23. The van der Waals surface area contributed by atoms with Crippen molar-refractivity contribution in [3.8, 4) is 0 Å². The van der Waals surface area contributed by atoms with E-state index in [0.717, 1.165) is 31.4 Å². The van der Waals surface area contributed by atoms with Gasteiger partial charge in [0.15, 0.2) is 11.6 Å². The van der Waals surface area contributed by atoms with Gasteiger partial charge in [-0.2, -0.15) is 5.21 Å². The smallest absolute Gasteiger partial charge is 0.287 e. The molecule has 2 aromatic rings. The third-order valence-electron chi connectivity index (χ3n) is 3.57. The molecule has 0 saturated heterocycles. The summed E-state index contributed by atoms with van der Waals surface area (Å²) < 4.78 is 5.45. The molecule has 1 aliphatic rings. The monoisotopic (exact) mass is 261 g/mol. The Balaban J connectivity index is 1.78. The van der Waals surface area contributed by atoms with Crippen LogP contribution in [0.25, 0.3) is 0 Å². The molecule has 0 spiro atoms. The lowest BCUT2D eigenvalue weighted by Crippen LogP contribution is -2.51. The van der Waals surface area contributed by atoms with Gasteiger partial charge in [-0.3, -0.25) is 4.79 Å². The Labute approximate surface area is 109 Å². The van der Waals surface area contributed by atoms with E-state index in [9.17, 15) is 4.79 Å². The number of H-pyrrole nitrogens is 1. The Kier molecular flexibility index (Phi) is 2.81. The van der Waals surface area contributed by atoms with E-state index < -0.39 is 5.54 Å². The van der Waals surface area contributed by atoms with Crippen LogP contribution in [0.4, 0.5) is 0 Å². The predicted molar refractivity (Wildman–Crippen MR) is 65.3 cm³/mol.